The molecule has 0 spiro atoms. The van der Waals surface area contributed by atoms with E-state index in [9.17, 15) is 15.0 Å². The Balaban J connectivity index is 3.54. The molecule has 2 unspecified atom stereocenters. The molecule has 0 aromatic rings. The fourth-order valence-electron chi connectivity index (χ4n) is 2.78. The van der Waals surface area contributed by atoms with Gasteiger partial charge in [0.1, 0.15) is 5.88 Å². The van der Waals surface area contributed by atoms with E-state index >= 15 is 0 Å². The van der Waals surface area contributed by atoms with Crippen molar-refractivity contribution in [1.29, 1.82) is 0 Å². The molecule has 2 atom stereocenters. The van der Waals surface area contributed by atoms with Crippen LogP contribution in [0.1, 0.15) is 84.0 Å². The second-order valence-electron chi connectivity index (χ2n) is 6.73. The molecule has 0 fully saturated rings. The molecule has 0 aromatic carbocycles. The summed E-state index contributed by atoms with van der Waals surface area (Å²) in [7, 11) is 0. The highest BCUT2D eigenvalue weighted by Gasteiger charge is 2.17. The number of amides is 1. The highest BCUT2D eigenvalue weighted by Crippen LogP contribution is 2.12. The molecule has 5 heteroatoms. The van der Waals surface area contributed by atoms with Crippen LogP contribution in [-0.4, -0.2) is 40.8 Å². The minimum absolute atomic E-state index is 0.175. The zero-order valence-corrected chi connectivity index (χ0v) is 16.6. The number of nitrogens with one attached hydrogen (secondary N) is 1. The molecule has 0 saturated heterocycles. The number of halogens is 1. The first-order valence-electron chi connectivity index (χ1n) is 9.96. The van der Waals surface area contributed by atoms with Crippen LogP contribution < -0.4 is 5.32 Å². The van der Waals surface area contributed by atoms with Crippen LogP contribution in [0.2, 0.25) is 0 Å². The van der Waals surface area contributed by atoms with Crippen molar-refractivity contribution >= 4 is 17.5 Å². The number of allylic oxidation sites excluding steroid dienone is 1. The van der Waals surface area contributed by atoms with E-state index in [1.807, 2.05) is 6.08 Å². The highest BCUT2D eigenvalue weighted by molar-refractivity contribution is 6.27. The number of carbonyl (C=O) groups excluding carboxylic acids is 1. The van der Waals surface area contributed by atoms with Gasteiger partial charge in [-0.05, 0) is 12.8 Å². The van der Waals surface area contributed by atoms with Crippen molar-refractivity contribution < 1.29 is 15.0 Å². The first-order chi connectivity index (χ1) is 12.2. The fourth-order valence-corrected chi connectivity index (χ4v) is 2.86. The van der Waals surface area contributed by atoms with Gasteiger partial charge in [-0.2, -0.15) is 0 Å². The number of rotatable bonds is 17. The maximum absolute atomic E-state index is 11.2. The molecule has 0 saturated carbocycles. The first kappa shape index (κ1) is 24.4. The standard InChI is InChI=1S/C20H38ClNO3/c1-2-3-4-5-6-7-8-9-10-11-12-13-14-15-19(24)18(17-23)22-20(25)16-21/h14-15,18-19,23-24H,2-13,16-17H2,1H3,(H,22,25). The molecule has 0 bridgehead atoms. The second kappa shape index (κ2) is 18.2. The van der Waals surface area contributed by atoms with Crippen molar-refractivity contribution in [2.45, 2.75) is 96.1 Å². The molecule has 0 aliphatic heterocycles. The minimum atomic E-state index is -0.884. The summed E-state index contributed by atoms with van der Waals surface area (Å²) in [5, 5.41) is 21.6. The van der Waals surface area contributed by atoms with Gasteiger partial charge in [0.05, 0.1) is 18.8 Å². The molecular weight excluding hydrogens is 338 g/mol. The van der Waals surface area contributed by atoms with E-state index < -0.39 is 18.1 Å². The van der Waals surface area contributed by atoms with Gasteiger partial charge in [0, 0.05) is 0 Å². The summed E-state index contributed by atoms with van der Waals surface area (Å²) < 4.78 is 0. The zero-order valence-electron chi connectivity index (χ0n) is 15.9. The van der Waals surface area contributed by atoms with Crippen LogP contribution >= 0.6 is 11.6 Å². The van der Waals surface area contributed by atoms with E-state index in [0.29, 0.717) is 0 Å². The van der Waals surface area contributed by atoms with Gasteiger partial charge in [-0.1, -0.05) is 83.3 Å². The van der Waals surface area contributed by atoms with E-state index in [-0.39, 0.29) is 12.5 Å². The van der Waals surface area contributed by atoms with Gasteiger partial charge >= 0.3 is 0 Å². The lowest BCUT2D eigenvalue weighted by molar-refractivity contribution is -0.120. The van der Waals surface area contributed by atoms with Gasteiger partial charge < -0.3 is 15.5 Å². The molecule has 4 nitrogen and oxygen atoms in total. The van der Waals surface area contributed by atoms with Crippen molar-refractivity contribution in [3.63, 3.8) is 0 Å². The van der Waals surface area contributed by atoms with E-state index in [4.69, 9.17) is 11.6 Å². The molecule has 0 aliphatic rings. The van der Waals surface area contributed by atoms with Crippen LogP contribution in [-0.2, 0) is 4.79 Å². The fraction of sp³-hybridized carbons (Fsp3) is 0.850. The molecule has 0 rings (SSSR count). The van der Waals surface area contributed by atoms with Gasteiger partial charge in [0.25, 0.3) is 0 Å². The summed E-state index contributed by atoms with van der Waals surface area (Å²) in [5.74, 6) is -0.565. The molecule has 0 heterocycles. The third-order valence-corrected chi connectivity index (χ3v) is 4.63. The third-order valence-electron chi connectivity index (χ3n) is 4.38. The smallest absolute Gasteiger partial charge is 0.235 e. The van der Waals surface area contributed by atoms with Crippen molar-refractivity contribution in [1.82, 2.24) is 5.32 Å². The topological polar surface area (TPSA) is 69.6 Å². The summed E-state index contributed by atoms with van der Waals surface area (Å²) in [6, 6.07) is -0.695. The van der Waals surface area contributed by atoms with Gasteiger partial charge in [0.2, 0.25) is 5.91 Å². The van der Waals surface area contributed by atoms with Gasteiger partial charge in [-0.25, -0.2) is 0 Å². The van der Waals surface area contributed by atoms with Crippen LogP contribution in [0.4, 0.5) is 0 Å². The Kier molecular flexibility index (Phi) is 17.8. The maximum Gasteiger partial charge on any atom is 0.235 e. The molecule has 0 aromatic heterocycles. The van der Waals surface area contributed by atoms with E-state index in [0.717, 1.165) is 12.8 Å². The SMILES string of the molecule is CCCCCCCCCCCCCC=CC(O)C(CO)NC(=O)CCl. The predicted molar refractivity (Wildman–Crippen MR) is 106 cm³/mol. The van der Waals surface area contributed by atoms with Crippen molar-refractivity contribution in [2.75, 3.05) is 12.5 Å². The van der Waals surface area contributed by atoms with Crippen LogP contribution in [0, 0.1) is 0 Å². The Labute approximate surface area is 159 Å². The largest absolute Gasteiger partial charge is 0.394 e. The summed E-state index contributed by atoms with van der Waals surface area (Å²) in [4.78, 5) is 11.2. The lowest BCUT2D eigenvalue weighted by Gasteiger charge is -2.19. The summed E-state index contributed by atoms with van der Waals surface area (Å²) in [5.41, 5.74) is 0. The molecule has 1 amide bonds. The number of carbonyl (C=O) groups is 1. The van der Waals surface area contributed by atoms with Gasteiger partial charge in [0.15, 0.2) is 0 Å². The molecule has 148 valence electrons. The number of unbranched alkanes of at least 4 members (excludes halogenated alkanes) is 11. The average Bonchev–Trinajstić information content (AvgIpc) is 2.63. The summed E-state index contributed by atoms with van der Waals surface area (Å²) >= 11 is 5.40. The lowest BCUT2D eigenvalue weighted by atomic mass is 10.0. The number of hydrogen-bond acceptors (Lipinski definition) is 3. The highest BCUT2D eigenvalue weighted by atomic mass is 35.5. The Bertz CT molecular complexity index is 337. The number of hydrogen-bond donors (Lipinski definition) is 3. The molecule has 0 aliphatic carbocycles. The van der Waals surface area contributed by atoms with Crippen molar-refractivity contribution in [2.24, 2.45) is 0 Å². The van der Waals surface area contributed by atoms with Crippen LogP contribution in [0.3, 0.4) is 0 Å². The van der Waals surface area contributed by atoms with E-state index in [1.54, 1.807) is 6.08 Å². The minimum Gasteiger partial charge on any atom is -0.394 e. The molecule has 25 heavy (non-hydrogen) atoms. The number of alkyl halides is 1. The van der Waals surface area contributed by atoms with Crippen molar-refractivity contribution in [3.8, 4) is 0 Å². The molecule has 3 N–H and O–H groups in total. The number of aliphatic hydroxyl groups excluding tert-OH is 2. The normalized spacial score (nSPS) is 13.9. The van der Waals surface area contributed by atoms with Gasteiger partial charge in [-0.15, -0.1) is 11.6 Å². The van der Waals surface area contributed by atoms with Crippen molar-refractivity contribution in [3.05, 3.63) is 12.2 Å². The zero-order chi connectivity index (χ0) is 18.8. The third kappa shape index (κ3) is 15.4. The average molecular weight is 376 g/mol. The number of aliphatic hydroxyl groups is 2. The Morgan fingerprint density at radius 2 is 1.52 bits per heavy atom. The van der Waals surface area contributed by atoms with Gasteiger partial charge in [-0.3, -0.25) is 4.79 Å². The van der Waals surface area contributed by atoms with Crippen LogP contribution in [0.15, 0.2) is 12.2 Å². The monoisotopic (exact) mass is 375 g/mol. The Morgan fingerprint density at radius 1 is 1.00 bits per heavy atom. The van der Waals surface area contributed by atoms with Crippen LogP contribution in [0.25, 0.3) is 0 Å². The Morgan fingerprint density at radius 3 is 2.00 bits per heavy atom. The second-order valence-corrected chi connectivity index (χ2v) is 7.00. The summed E-state index contributed by atoms with van der Waals surface area (Å²) in [6.07, 6.45) is 18.1. The molecular formula is C20H38ClNO3. The predicted octanol–water partition coefficient (Wildman–Crippen LogP) is 4.32. The van der Waals surface area contributed by atoms with E-state index in [1.165, 1.54) is 64.2 Å². The molecule has 0 radical (unpaired) electrons. The van der Waals surface area contributed by atoms with Crippen LogP contribution in [0.5, 0.6) is 0 Å². The Hall–Kier alpha value is -0.580. The van der Waals surface area contributed by atoms with E-state index in [2.05, 4.69) is 12.2 Å². The maximum atomic E-state index is 11.2. The first-order valence-corrected chi connectivity index (χ1v) is 10.5. The lowest BCUT2D eigenvalue weighted by Crippen LogP contribution is -2.45. The summed E-state index contributed by atoms with van der Waals surface area (Å²) in [6.45, 7) is 1.94. The quantitative estimate of drug-likeness (QED) is 0.201.